The molecule has 0 spiro atoms. The zero-order valence-corrected chi connectivity index (χ0v) is 16.7. The van der Waals surface area contributed by atoms with E-state index in [0.29, 0.717) is 5.92 Å². The number of benzene rings is 1. The highest BCUT2D eigenvalue weighted by Gasteiger charge is 2.24. The highest BCUT2D eigenvalue weighted by atomic mass is 32.1. The molecule has 1 amide bonds. The van der Waals surface area contributed by atoms with Gasteiger partial charge in [0.25, 0.3) is 0 Å². The van der Waals surface area contributed by atoms with E-state index in [9.17, 15) is 9.59 Å². The Kier molecular flexibility index (Phi) is 5.61. The fraction of sp³-hybridized carbons (Fsp3) is 0.600. The SMILES string of the molecule is Cn1c(=O)sc2cc(CN3CCCC(CNC(=O)C4CCCN4)C3)ccc21. The molecule has 0 saturated carbocycles. The van der Waals surface area contributed by atoms with Gasteiger partial charge in [-0.05, 0) is 62.4 Å². The van der Waals surface area contributed by atoms with Crippen LogP contribution in [0.2, 0.25) is 0 Å². The minimum Gasteiger partial charge on any atom is -0.354 e. The number of thiazole rings is 1. The Labute approximate surface area is 163 Å². The van der Waals surface area contributed by atoms with Gasteiger partial charge in [-0.15, -0.1) is 0 Å². The first-order valence-electron chi connectivity index (χ1n) is 9.92. The first-order valence-corrected chi connectivity index (χ1v) is 10.7. The van der Waals surface area contributed by atoms with Crippen molar-refractivity contribution in [3.8, 4) is 0 Å². The molecule has 2 N–H and O–H groups in total. The van der Waals surface area contributed by atoms with Crippen LogP contribution in [-0.4, -0.2) is 47.6 Å². The van der Waals surface area contributed by atoms with Gasteiger partial charge < -0.3 is 15.2 Å². The van der Waals surface area contributed by atoms with Crippen molar-refractivity contribution in [1.29, 1.82) is 0 Å². The first-order chi connectivity index (χ1) is 13.1. The van der Waals surface area contributed by atoms with Crippen LogP contribution >= 0.6 is 11.3 Å². The number of aromatic nitrogens is 1. The molecule has 27 heavy (non-hydrogen) atoms. The summed E-state index contributed by atoms with van der Waals surface area (Å²) in [6.45, 7) is 4.74. The monoisotopic (exact) mass is 388 g/mol. The summed E-state index contributed by atoms with van der Waals surface area (Å²) in [6.07, 6.45) is 4.39. The third kappa shape index (κ3) is 4.25. The van der Waals surface area contributed by atoms with Crippen molar-refractivity contribution in [3.05, 3.63) is 33.4 Å². The Balaban J connectivity index is 1.33. The van der Waals surface area contributed by atoms with E-state index < -0.39 is 0 Å². The maximum absolute atomic E-state index is 12.2. The fourth-order valence-electron chi connectivity index (χ4n) is 4.27. The molecule has 2 aliphatic heterocycles. The molecular formula is C20H28N4O2S. The lowest BCUT2D eigenvalue weighted by Gasteiger charge is -2.33. The summed E-state index contributed by atoms with van der Waals surface area (Å²) in [6, 6.07) is 6.35. The molecule has 7 heteroatoms. The molecule has 2 saturated heterocycles. The zero-order valence-electron chi connectivity index (χ0n) is 15.9. The number of hydrogen-bond donors (Lipinski definition) is 2. The number of hydrogen-bond acceptors (Lipinski definition) is 5. The molecule has 2 unspecified atom stereocenters. The van der Waals surface area contributed by atoms with Crippen molar-refractivity contribution in [2.75, 3.05) is 26.2 Å². The van der Waals surface area contributed by atoms with Gasteiger partial charge in [-0.25, -0.2) is 0 Å². The molecule has 6 nitrogen and oxygen atoms in total. The molecule has 2 aliphatic rings. The molecule has 2 aromatic rings. The van der Waals surface area contributed by atoms with Crippen LogP contribution in [0.5, 0.6) is 0 Å². The normalized spacial score (nSPS) is 23.7. The van der Waals surface area contributed by atoms with E-state index in [1.165, 1.54) is 29.7 Å². The lowest BCUT2D eigenvalue weighted by atomic mass is 9.97. The van der Waals surface area contributed by atoms with Crippen molar-refractivity contribution in [3.63, 3.8) is 0 Å². The van der Waals surface area contributed by atoms with Crippen LogP contribution in [0, 0.1) is 5.92 Å². The summed E-state index contributed by atoms with van der Waals surface area (Å²) in [4.78, 5) is 26.6. The predicted octanol–water partition coefficient (Wildman–Crippen LogP) is 1.68. The van der Waals surface area contributed by atoms with Crippen molar-refractivity contribution < 1.29 is 4.79 Å². The second kappa shape index (κ2) is 8.12. The average Bonchev–Trinajstić information content (AvgIpc) is 3.29. The number of rotatable bonds is 5. The number of carbonyl (C=O) groups is 1. The van der Waals surface area contributed by atoms with Gasteiger partial charge in [0.1, 0.15) is 0 Å². The van der Waals surface area contributed by atoms with E-state index in [2.05, 4.69) is 33.7 Å². The molecule has 0 bridgehead atoms. The number of likely N-dealkylation sites (tertiary alicyclic amines) is 1. The second-order valence-electron chi connectivity index (χ2n) is 7.87. The number of nitrogens with zero attached hydrogens (tertiary/aromatic N) is 2. The predicted molar refractivity (Wildman–Crippen MR) is 109 cm³/mol. The minimum absolute atomic E-state index is 0.00875. The number of amides is 1. The first kappa shape index (κ1) is 18.7. The summed E-state index contributed by atoms with van der Waals surface area (Å²) in [5.41, 5.74) is 2.26. The van der Waals surface area contributed by atoms with E-state index in [-0.39, 0.29) is 16.8 Å². The Hall–Kier alpha value is -1.70. The van der Waals surface area contributed by atoms with E-state index >= 15 is 0 Å². The highest BCUT2D eigenvalue weighted by Crippen LogP contribution is 2.22. The van der Waals surface area contributed by atoms with Crippen LogP contribution in [0.1, 0.15) is 31.2 Å². The Morgan fingerprint density at radius 1 is 1.33 bits per heavy atom. The number of aryl methyl sites for hydroxylation is 1. The lowest BCUT2D eigenvalue weighted by molar-refractivity contribution is -0.123. The largest absolute Gasteiger partial charge is 0.354 e. The maximum atomic E-state index is 12.2. The summed E-state index contributed by atoms with van der Waals surface area (Å²) >= 11 is 1.31. The average molecular weight is 389 g/mol. The van der Waals surface area contributed by atoms with Crippen molar-refractivity contribution in [1.82, 2.24) is 20.1 Å². The van der Waals surface area contributed by atoms with E-state index in [0.717, 1.165) is 55.8 Å². The second-order valence-corrected chi connectivity index (χ2v) is 8.86. The zero-order chi connectivity index (χ0) is 18.8. The fourth-order valence-corrected chi connectivity index (χ4v) is 5.22. The molecule has 146 valence electrons. The molecule has 2 atom stereocenters. The molecule has 2 fully saturated rings. The number of carbonyl (C=O) groups excluding carboxylic acids is 1. The molecule has 1 aromatic carbocycles. The Bertz CT molecular complexity index is 868. The van der Waals surface area contributed by atoms with E-state index in [4.69, 9.17) is 0 Å². The van der Waals surface area contributed by atoms with Crippen LogP contribution in [0.15, 0.2) is 23.0 Å². The van der Waals surface area contributed by atoms with Gasteiger partial charge in [0.05, 0.1) is 16.3 Å². The smallest absolute Gasteiger partial charge is 0.307 e. The minimum atomic E-state index is 0.00875. The van der Waals surface area contributed by atoms with Crippen molar-refractivity contribution >= 4 is 27.5 Å². The maximum Gasteiger partial charge on any atom is 0.307 e. The van der Waals surface area contributed by atoms with Crippen molar-refractivity contribution in [2.45, 2.75) is 38.3 Å². The van der Waals surface area contributed by atoms with Crippen LogP contribution in [0.25, 0.3) is 10.2 Å². The standard InChI is InChI=1S/C20H28N4O2S/c1-23-17-7-6-14(10-18(17)27-20(23)26)12-24-9-3-4-15(13-24)11-22-19(25)16-5-2-8-21-16/h6-7,10,15-16,21H,2-5,8-9,11-13H2,1H3,(H,22,25). The summed E-state index contributed by atoms with van der Waals surface area (Å²) in [7, 11) is 1.82. The number of fused-ring (bicyclic) bond motifs is 1. The summed E-state index contributed by atoms with van der Waals surface area (Å²) in [5, 5.41) is 6.41. The number of nitrogens with one attached hydrogen (secondary N) is 2. The van der Waals surface area contributed by atoms with Crippen LogP contribution in [0.4, 0.5) is 0 Å². The Morgan fingerprint density at radius 3 is 3.04 bits per heavy atom. The van der Waals surface area contributed by atoms with Gasteiger partial charge in [0.15, 0.2) is 0 Å². The summed E-state index contributed by atoms with van der Waals surface area (Å²) in [5.74, 6) is 0.676. The van der Waals surface area contributed by atoms with Gasteiger partial charge in [0, 0.05) is 26.7 Å². The molecular weight excluding hydrogens is 360 g/mol. The van der Waals surface area contributed by atoms with E-state index in [1.807, 2.05) is 7.05 Å². The van der Waals surface area contributed by atoms with Crippen molar-refractivity contribution in [2.24, 2.45) is 13.0 Å². The molecule has 1 aromatic heterocycles. The topological polar surface area (TPSA) is 66.4 Å². The third-order valence-electron chi connectivity index (χ3n) is 5.81. The molecule has 0 aliphatic carbocycles. The Morgan fingerprint density at radius 2 is 2.22 bits per heavy atom. The van der Waals surface area contributed by atoms with Crippen LogP contribution in [-0.2, 0) is 18.4 Å². The van der Waals surface area contributed by atoms with Gasteiger partial charge >= 0.3 is 4.87 Å². The molecule has 4 rings (SSSR count). The lowest BCUT2D eigenvalue weighted by Crippen LogP contribution is -2.45. The van der Waals surface area contributed by atoms with Crippen LogP contribution < -0.4 is 15.5 Å². The van der Waals surface area contributed by atoms with Crippen LogP contribution in [0.3, 0.4) is 0 Å². The van der Waals surface area contributed by atoms with Gasteiger partial charge in [-0.2, -0.15) is 0 Å². The van der Waals surface area contributed by atoms with E-state index in [1.54, 1.807) is 4.57 Å². The van der Waals surface area contributed by atoms with Gasteiger partial charge in [0.2, 0.25) is 5.91 Å². The summed E-state index contributed by atoms with van der Waals surface area (Å²) < 4.78 is 2.77. The molecule has 0 radical (unpaired) electrons. The number of piperidine rings is 1. The highest BCUT2D eigenvalue weighted by molar-refractivity contribution is 7.16. The molecule has 3 heterocycles. The van der Waals surface area contributed by atoms with Gasteiger partial charge in [-0.3, -0.25) is 14.5 Å². The van der Waals surface area contributed by atoms with Gasteiger partial charge in [-0.1, -0.05) is 17.4 Å². The third-order valence-corrected chi connectivity index (χ3v) is 6.80. The quantitative estimate of drug-likeness (QED) is 0.818.